The summed E-state index contributed by atoms with van der Waals surface area (Å²) in [6.07, 6.45) is 4.47. The Morgan fingerprint density at radius 2 is 1.59 bits per heavy atom. The van der Waals surface area contributed by atoms with Gasteiger partial charge in [-0.3, -0.25) is 4.79 Å². The summed E-state index contributed by atoms with van der Waals surface area (Å²) >= 11 is 0. The molecule has 0 aromatic heterocycles. The van der Waals surface area contributed by atoms with Gasteiger partial charge in [-0.1, -0.05) is 36.9 Å². The fourth-order valence-corrected chi connectivity index (χ4v) is 4.21. The third-order valence-electron chi connectivity index (χ3n) is 6.03. The minimum Gasteiger partial charge on any atom is -0.463 e. The van der Waals surface area contributed by atoms with Crippen LogP contribution < -0.4 is 4.90 Å². The van der Waals surface area contributed by atoms with Gasteiger partial charge in [-0.15, -0.1) is 0 Å². The summed E-state index contributed by atoms with van der Waals surface area (Å²) in [6, 6.07) is 17.1. The first-order valence-corrected chi connectivity index (χ1v) is 11.4. The Bertz CT molecular complexity index is 1250. The Hall–Kier alpha value is -3.93. The largest absolute Gasteiger partial charge is 0.463 e. The van der Waals surface area contributed by atoms with E-state index >= 15 is 0 Å². The molecule has 34 heavy (non-hydrogen) atoms. The van der Waals surface area contributed by atoms with Gasteiger partial charge in [-0.25, -0.2) is 9.59 Å². The maximum atomic E-state index is 12.5. The van der Waals surface area contributed by atoms with Crippen molar-refractivity contribution in [1.29, 1.82) is 0 Å². The van der Waals surface area contributed by atoms with Gasteiger partial charge < -0.3 is 14.4 Å². The van der Waals surface area contributed by atoms with Gasteiger partial charge in [0.2, 0.25) is 0 Å². The predicted molar refractivity (Wildman–Crippen MR) is 132 cm³/mol. The van der Waals surface area contributed by atoms with E-state index < -0.39 is 5.97 Å². The molecule has 1 heterocycles. The number of benzene rings is 3. The molecule has 0 spiro atoms. The van der Waals surface area contributed by atoms with E-state index in [0.717, 1.165) is 64.9 Å². The van der Waals surface area contributed by atoms with Crippen LogP contribution in [0.15, 0.2) is 67.3 Å². The van der Waals surface area contributed by atoms with Crippen LogP contribution in [0, 0.1) is 0 Å². The van der Waals surface area contributed by atoms with E-state index in [1.54, 1.807) is 24.1 Å². The van der Waals surface area contributed by atoms with Crippen molar-refractivity contribution in [3.63, 3.8) is 0 Å². The Labute approximate surface area is 198 Å². The molecule has 0 saturated heterocycles. The molecule has 0 fully saturated rings. The fraction of sp³-hybridized carbons (Fsp3) is 0.250. The number of carbonyl (C=O) groups is 3. The SMILES string of the molecule is C=CC(=O)OCCCCCCOC(=O)c1ccc(-c2ccc3c4c(cccc24)C(=O)N3C)cc1. The first-order valence-electron chi connectivity index (χ1n) is 11.4. The Morgan fingerprint density at radius 3 is 2.29 bits per heavy atom. The standard InChI is InChI=1S/C28H27NO5/c1-3-25(30)33-17-6-4-5-7-18-34-28(32)20-13-11-19(12-14-20)21-15-16-24-26-22(21)9-8-10-23(26)27(31)29(24)2/h3,8-16H,1,4-7,17-18H2,2H3. The molecular formula is C28H27NO5. The minimum atomic E-state index is -0.406. The monoisotopic (exact) mass is 457 g/mol. The van der Waals surface area contributed by atoms with Crippen molar-refractivity contribution in [2.75, 3.05) is 25.2 Å². The fourth-order valence-electron chi connectivity index (χ4n) is 4.21. The average molecular weight is 458 g/mol. The molecule has 3 aromatic carbocycles. The maximum Gasteiger partial charge on any atom is 0.338 e. The Morgan fingerprint density at radius 1 is 0.882 bits per heavy atom. The smallest absolute Gasteiger partial charge is 0.338 e. The van der Waals surface area contributed by atoms with Crippen LogP contribution >= 0.6 is 0 Å². The molecule has 1 aliphatic heterocycles. The number of esters is 2. The van der Waals surface area contributed by atoms with Gasteiger partial charge in [0.05, 0.1) is 24.5 Å². The first kappa shape index (κ1) is 23.2. The van der Waals surface area contributed by atoms with Crippen molar-refractivity contribution in [3.8, 4) is 11.1 Å². The van der Waals surface area contributed by atoms with Gasteiger partial charge in [0.15, 0.2) is 0 Å². The van der Waals surface area contributed by atoms with Crippen molar-refractivity contribution in [2.24, 2.45) is 0 Å². The summed E-state index contributed by atoms with van der Waals surface area (Å²) < 4.78 is 10.3. The number of anilines is 1. The minimum absolute atomic E-state index is 0.00646. The molecule has 174 valence electrons. The molecule has 6 heteroatoms. The normalized spacial score (nSPS) is 12.1. The summed E-state index contributed by atoms with van der Waals surface area (Å²) in [5.41, 5.74) is 4.12. The van der Waals surface area contributed by atoms with Gasteiger partial charge in [0.25, 0.3) is 5.91 Å². The molecule has 0 N–H and O–H groups in total. The lowest BCUT2D eigenvalue weighted by atomic mass is 9.95. The number of unbranched alkanes of at least 4 members (excludes halogenated alkanes) is 3. The van der Waals surface area contributed by atoms with Crippen LogP contribution in [0.2, 0.25) is 0 Å². The molecule has 3 aromatic rings. The maximum absolute atomic E-state index is 12.5. The number of carbonyl (C=O) groups excluding carboxylic acids is 3. The number of ether oxygens (including phenoxy) is 2. The van der Waals surface area contributed by atoms with Crippen molar-refractivity contribution < 1.29 is 23.9 Å². The Balaban J connectivity index is 1.33. The number of hydrogen-bond donors (Lipinski definition) is 0. The molecule has 0 bridgehead atoms. The van der Waals surface area contributed by atoms with Gasteiger partial charge >= 0.3 is 11.9 Å². The number of rotatable bonds is 10. The number of amides is 1. The zero-order valence-corrected chi connectivity index (χ0v) is 19.2. The summed E-state index contributed by atoms with van der Waals surface area (Å²) in [5.74, 6) is -0.748. The highest BCUT2D eigenvalue weighted by atomic mass is 16.5. The van der Waals surface area contributed by atoms with E-state index in [1.807, 2.05) is 42.5 Å². The zero-order chi connectivity index (χ0) is 24.1. The second kappa shape index (κ2) is 10.3. The van der Waals surface area contributed by atoms with Crippen molar-refractivity contribution in [3.05, 3.63) is 78.4 Å². The lowest BCUT2D eigenvalue weighted by Gasteiger charge is -2.12. The molecule has 0 atom stereocenters. The van der Waals surface area contributed by atoms with Gasteiger partial charge in [0.1, 0.15) is 0 Å². The van der Waals surface area contributed by atoms with Crippen LogP contribution in [-0.2, 0) is 14.3 Å². The van der Waals surface area contributed by atoms with E-state index in [-0.39, 0.29) is 11.9 Å². The van der Waals surface area contributed by atoms with Crippen LogP contribution in [0.4, 0.5) is 5.69 Å². The predicted octanol–water partition coefficient (Wildman–Crippen LogP) is 5.54. The van der Waals surface area contributed by atoms with Gasteiger partial charge in [-0.05, 0) is 66.5 Å². The molecular weight excluding hydrogens is 430 g/mol. The van der Waals surface area contributed by atoms with E-state index in [2.05, 4.69) is 6.58 Å². The van der Waals surface area contributed by atoms with Crippen molar-refractivity contribution in [2.45, 2.75) is 25.7 Å². The van der Waals surface area contributed by atoms with E-state index in [0.29, 0.717) is 18.8 Å². The lowest BCUT2D eigenvalue weighted by molar-refractivity contribution is -0.137. The van der Waals surface area contributed by atoms with E-state index in [9.17, 15) is 14.4 Å². The lowest BCUT2D eigenvalue weighted by Crippen LogP contribution is -2.20. The van der Waals surface area contributed by atoms with Gasteiger partial charge in [-0.2, -0.15) is 0 Å². The molecule has 0 radical (unpaired) electrons. The second-order valence-electron chi connectivity index (χ2n) is 8.22. The molecule has 0 saturated carbocycles. The highest BCUT2D eigenvalue weighted by Gasteiger charge is 2.27. The highest BCUT2D eigenvalue weighted by Crippen LogP contribution is 2.41. The molecule has 0 unspecified atom stereocenters. The molecule has 1 aliphatic rings. The molecule has 1 amide bonds. The van der Waals surface area contributed by atoms with Crippen LogP contribution in [0.25, 0.3) is 21.9 Å². The zero-order valence-electron chi connectivity index (χ0n) is 19.2. The summed E-state index contributed by atoms with van der Waals surface area (Å²) in [7, 11) is 1.79. The molecule has 4 rings (SSSR count). The van der Waals surface area contributed by atoms with Crippen molar-refractivity contribution in [1.82, 2.24) is 0 Å². The third-order valence-corrected chi connectivity index (χ3v) is 6.03. The number of nitrogens with zero attached hydrogens (tertiary/aromatic N) is 1. The van der Waals surface area contributed by atoms with Crippen LogP contribution in [0.3, 0.4) is 0 Å². The molecule has 6 nitrogen and oxygen atoms in total. The summed E-state index contributed by atoms with van der Waals surface area (Å²) in [6.45, 7) is 4.08. The number of hydrogen-bond acceptors (Lipinski definition) is 5. The first-order chi connectivity index (χ1) is 16.5. The van der Waals surface area contributed by atoms with Gasteiger partial charge in [0, 0.05) is 24.1 Å². The second-order valence-corrected chi connectivity index (χ2v) is 8.22. The van der Waals surface area contributed by atoms with Crippen molar-refractivity contribution >= 4 is 34.3 Å². The topological polar surface area (TPSA) is 72.9 Å². The van der Waals surface area contributed by atoms with Crippen LogP contribution in [-0.4, -0.2) is 38.1 Å². The highest BCUT2D eigenvalue weighted by molar-refractivity contribution is 6.26. The third kappa shape index (κ3) is 4.71. The van der Waals surface area contributed by atoms with Crippen LogP contribution in [0.1, 0.15) is 46.4 Å². The quantitative estimate of drug-likeness (QED) is 0.227. The van der Waals surface area contributed by atoms with E-state index in [1.165, 1.54) is 0 Å². The summed E-state index contributed by atoms with van der Waals surface area (Å²) in [5, 5.41) is 1.98. The van der Waals surface area contributed by atoms with E-state index in [4.69, 9.17) is 9.47 Å². The Kier molecular flexibility index (Phi) is 7.07. The van der Waals surface area contributed by atoms with Crippen LogP contribution in [0.5, 0.6) is 0 Å². The summed E-state index contributed by atoms with van der Waals surface area (Å²) in [4.78, 5) is 37.5. The average Bonchev–Trinajstić information content (AvgIpc) is 3.12. The molecule has 0 aliphatic carbocycles.